The van der Waals surface area contributed by atoms with Gasteiger partial charge in [-0.1, -0.05) is 20.8 Å². The number of morpholine rings is 1. The highest BCUT2D eigenvalue weighted by Crippen LogP contribution is 1.95. The third-order valence-corrected chi connectivity index (χ3v) is 3.11. The molecule has 2 atom stereocenters. The Morgan fingerprint density at radius 2 is 2.00 bits per heavy atom. The van der Waals surface area contributed by atoms with Crippen molar-refractivity contribution in [1.29, 1.82) is 0 Å². The summed E-state index contributed by atoms with van der Waals surface area (Å²) in [5.74, 6) is 0. The number of nitrogens with one attached hydrogen (secondary N) is 1. The summed E-state index contributed by atoms with van der Waals surface area (Å²) >= 11 is 0. The van der Waals surface area contributed by atoms with Gasteiger partial charge in [0.1, 0.15) is 6.10 Å². The van der Waals surface area contributed by atoms with Gasteiger partial charge in [0, 0.05) is 25.7 Å². The normalized spacial score (nSPS) is 18.5. The molecule has 0 bridgehead atoms. The molecule has 7 heteroatoms. The molecule has 4 N–H and O–H groups in total. The molecule has 1 saturated heterocycles. The van der Waals surface area contributed by atoms with Crippen molar-refractivity contribution in [3.05, 3.63) is 0 Å². The smallest absolute Gasteiger partial charge is 0.100 e. The fourth-order valence-electron chi connectivity index (χ4n) is 1.66. The minimum Gasteiger partial charge on any atom is -0.395 e. The maximum absolute atomic E-state index is 8.90. The van der Waals surface area contributed by atoms with Gasteiger partial charge >= 0.3 is 0 Å². The van der Waals surface area contributed by atoms with Crippen molar-refractivity contribution in [3.8, 4) is 0 Å². The highest BCUT2D eigenvalue weighted by atomic mass is 16.5. The van der Waals surface area contributed by atoms with E-state index in [9.17, 15) is 0 Å². The summed E-state index contributed by atoms with van der Waals surface area (Å²) in [4.78, 5) is 1.92. The number of hydrogen-bond acceptors (Lipinski definition) is 7. The van der Waals surface area contributed by atoms with Crippen molar-refractivity contribution in [2.75, 3.05) is 66.3 Å². The Morgan fingerprint density at radius 1 is 1.30 bits per heavy atom. The SMILES string of the molecule is CC.CCC1COCCN1.CN(CCO)CCOCC(O)CO. The maximum atomic E-state index is 8.90. The van der Waals surface area contributed by atoms with Gasteiger partial charge in [0.2, 0.25) is 0 Å². The topological polar surface area (TPSA) is 94.4 Å². The van der Waals surface area contributed by atoms with Crippen LogP contribution in [-0.4, -0.2) is 98.7 Å². The summed E-state index contributed by atoms with van der Waals surface area (Å²) in [5.41, 5.74) is 0. The van der Waals surface area contributed by atoms with Crippen LogP contribution in [0.5, 0.6) is 0 Å². The van der Waals surface area contributed by atoms with Crippen LogP contribution in [0, 0.1) is 0 Å². The summed E-state index contributed by atoms with van der Waals surface area (Å²) in [6.07, 6.45) is 0.392. The van der Waals surface area contributed by atoms with E-state index < -0.39 is 6.10 Å². The first-order valence-corrected chi connectivity index (χ1v) is 8.61. The number of hydrogen-bond donors (Lipinski definition) is 4. The van der Waals surface area contributed by atoms with Crippen molar-refractivity contribution in [3.63, 3.8) is 0 Å². The number of ether oxygens (including phenoxy) is 2. The zero-order chi connectivity index (χ0) is 17.9. The molecule has 0 aromatic heterocycles. The van der Waals surface area contributed by atoms with Gasteiger partial charge in [0.25, 0.3) is 0 Å². The fraction of sp³-hybridized carbons (Fsp3) is 1.00. The van der Waals surface area contributed by atoms with Crippen LogP contribution < -0.4 is 5.32 Å². The van der Waals surface area contributed by atoms with Crippen LogP contribution >= 0.6 is 0 Å². The summed E-state index contributed by atoms with van der Waals surface area (Å²) in [7, 11) is 1.88. The summed E-state index contributed by atoms with van der Waals surface area (Å²) in [5, 5.41) is 29.3. The first-order valence-electron chi connectivity index (χ1n) is 8.61. The van der Waals surface area contributed by atoms with Crippen LogP contribution in [0.25, 0.3) is 0 Å². The van der Waals surface area contributed by atoms with Gasteiger partial charge in [-0.05, 0) is 13.5 Å². The largest absolute Gasteiger partial charge is 0.395 e. The second-order valence-corrected chi connectivity index (χ2v) is 5.07. The van der Waals surface area contributed by atoms with Crippen LogP contribution in [0.15, 0.2) is 0 Å². The van der Waals surface area contributed by atoms with Gasteiger partial charge in [-0.2, -0.15) is 0 Å². The average molecular weight is 338 g/mol. The van der Waals surface area contributed by atoms with Crippen LogP contribution in [0.1, 0.15) is 27.2 Å². The first kappa shape index (κ1) is 25.0. The molecular weight excluding hydrogens is 300 g/mol. The first-order chi connectivity index (χ1) is 11.1. The van der Waals surface area contributed by atoms with Gasteiger partial charge in [-0.3, -0.25) is 0 Å². The molecule has 1 aliphatic rings. The Bertz CT molecular complexity index is 217. The molecule has 0 aromatic rings. The number of aliphatic hydroxyl groups excluding tert-OH is 3. The van der Waals surface area contributed by atoms with E-state index >= 15 is 0 Å². The Kier molecular flexibility index (Phi) is 21.5. The van der Waals surface area contributed by atoms with Gasteiger partial charge < -0.3 is 35.0 Å². The minimum absolute atomic E-state index is 0.135. The minimum atomic E-state index is -0.789. The summed E-state index contributed by atoms with van der Waals surface area (Å²) in [6.45, 7) is 10.8. The lowest BCUT2D eigenvalue weighted by Crippen LogP contribution is -2.40. The summed E-state index contributed by atoms with van der Waals surface area (Å²) in [6, 6.07) is 0.615. The van der Waals surface area contributed by atoms with E-state index in [4.69, 9.17) is 24.8 Å². The van der Waals surface area contributed by atoms with Crippen molar-refractivity contribution < 1.29 is 24.8 Å². The predicted octanol–water partition coefficient (Wildman–Crippen LogP) is -0.309. The Balaban J connectivity index is 0. The maximum Gasteiger partial charge on any atom is 0.100 e. The highest BCUT2D eigenvalue weighted by molar-refractivity contribution is 4.66. The number of likely N-dealkylation sites (N-methyl/N-ethyl adjacent to an activating group) is 1. The van der Waals surface area contributed by atoms with E-state index in [1.54, 1.807) is 0 Å². The van der Waals surface area contributed by atoms with E-state index in [2.05, 4.69) is 12.2 Å². The molecule has 0 amide bonds. The van der Waals surface area contributed by atoms with Gasteiger partial charge in [0.05, 0.1) is 39.6 Å². The number of rotatable bonds is 9. The lowest BCUT2D eigenvalue weighted by Gasteiger charge is -2.21. The highest BCUT2D eigenvalue weighted by Gasteiger charge is 2.08. The predicted molar refractivity (Wildman–Crippen MR) is 92.7 cm³/mol. The van der Waals surface area contributed by atoms with Crippen LogP contribution in [0.2, 0.25) is 0 Å². The van der Waals surface area contributed by atoms with E-state index in [1.165, 1.54) is 6.42 Å². The number of aliphatic hydroxyl groups is 3. The molecule has 0 saturated carbocycles. The monoisotopic (exact) mass is 338 g/mol. The van der Waals surface area contributed by atoms with Gasteiger partial charge in [-0.15, -0.1) is 0 Å². The summed E-state index contributed by atoms with van der Waals surface area (Å²) < 4.78 is 10.3. The molecule has 23 heavy (non-hydrogen) atoms. The lowest BCUT2D eigenvalue weighted by atomic mass is 10.2. The molecule has 0 spiro atoms. The molecular formula is C16H38N2O5. The molecule has 1 heterocycles. The second-order valence-electron chi connectivity index (χ2n) is 5.07. The van der Waals surface area contributed by atoms with Crippen LogP contribution in [-0.2, 0) is 9.47 Å². The molecule has 7 nitrogen and oxygen atoms in total. The standard InChI is InChI=1S/C8H19NO4.C6H13NO.C2H6/c1-9(2-4-10)3-5-13-7-8(12)6-11;1-2-6-5-8-4-3-7-6;1-2/h8,10-12H,2-7H2,1H3;6-7H,2-5H2,1H3;1-2H3. The molecule has 1 rings (SSSR count). The van der Waals surface area contributed by atoms with Crippen LogP contribution in [0.4, 0.5) is 0 Å². The molecule has 2 unspecified atom stereocenters. The molecule has 0 aliphatic carbocycles. The molecule has 1 fully saturated rings. The van der Waals surface area contributed by atoms with Crippen LogP contribution in [0.3, 0.4) is 0 Å². The average Bonchev–Trinajstić information content (AvgIpc) is 2.61. The van der Waals surface area contributed by atoms with Crippen molar-refractivity contribution in [2.45, 2.75) is 39.3 Å². The van der Waals surface area contributed by atoms with E-state index in [-0.39, 0.29) is 19.8 Å². The quantitative estimate of drug-likeness (QED) is 0.429. The Hall–Kier alpha value is -0.280. The second kappa shape index (κ2) is 19.8. The molecule has 142 valence electrons. The zero-order valence-electron chi connectivity index (χ0n) is 15.3. The third-order valence-electron chi connectivity index (χ3n) is 3.11. The van der Waals surface area contributed by atoms with Gasteiger partial charge in [-0.25, -0.2) is 0 Å². The fourth-order valence-corrected chi connectivity index (χ4v) is 1.66. The van der Waals surface area contributed by atoms with E-state index in [0.29, 0.717) is 25.7 Å². The van der Waals surface area contributed by atoms with E-state index in [0.717, 1.165) is 19.8 Å². The zero-order valence-corrected chi connectivity index (χ0v) is 15.3. The molecule has 0 radical (unpaired) electrons. The Labute approximate surface area is 141 Å². The van der Waals surface area contributed by atoms with E-state index in [1.807, 2.05) is 25.8 Å². The Morgan fingerprint density at radius 3 is 2.43 bits per heavy atom. The van der Waals surface area contributed by atoms with Crippen molar-refractivity contribution in [1.82, 2.24) is 10.2 Å². The lowest BCUT2D eigenvalue weighted by molar-refractivity contribution is 0.00121. The molecule has 1 aliphatic heterocycles. The van der Waals surface area contributed by atoms with Gasteiger partial charge in [0.15, 0.2) is 0 Å². The van der Waals surface area contributed by atoms with Crippen molar-refractivity contribution >= 4 is 0 Å². The van der Waals surface area contributed by atoms with Crippen molar-refractivity contribution in [2.24, 2.45) is 0 Å². The third kappa shape index (κ3) is 17.9. The molecule has 0 aromatic carbocycles. The number of nitrogens with zero attached hydrogens (tertiary/aromatic N) is 1.